The molecule has 0 bridgehead atoms. The zero-order chi connectivity index (χ0) is 6.57. The molecule has 0 aromatic carbocycles. The molecule has 0 aromatic rings. The smallest absolute Gasteiger partial charge is 0.0143 e. The van der Waals surface area contributed by atoms with Gasteiger partial charge in [-0.05, 0) is 12.3 Å². The third-order valence-electron chi connectivity index (χ3n) is 1.35. The Bertz CT molecular complexity index is 52.5. The van der Waals surface area contributed by atoms with E-state index in [4.69, 9.17) is 0 Å². The summed E-state index contributed by atoms with van der Waals surface area (Å²) >= 11 is 6.92. The Balaban J connectivity index is 3.17. The lowest BCUT2D eigenvalue weighted by Gasteiger charge is -2.10. The van der Waals surface area contributed by atoms with Crippen LogP contribution in [0.1, 0.15) is 20.3 Å². The van der Waals surface area contributed by atoms with Gasteiger partial charge in [0.05, 0.1) is 0 Å². The van der Waals surface area contributed by atoms with Gasteiger partial charge in [-0.15, -0.1) is 0 Å². The first-order valence-corrected chi connectivity index (χ1v) is 4.92. The minimum absolute atomic E-state index is 0.653. The van der Waals surface area contributed by atoms with E-state index >= 15 is 0 Å². The van der Waals surface area contributed by atoms with Gasteiger partial charge in [-0.25, -0.2) is 0 Å². The molecule has 0 nitrogen and oxygen atoms in total. The monoisotopic (exact) mass is 242 g/mol. The Morgan fingerprint density at radius 2 is 1.88 bits per heavy atom. The number of halogens is 2. The van der Waals surface area contributed by atoms with E-state index in [9.17, 15) is 0 Å². The quantitative estimate of drug-likeness (QED) is 0.668. The fraction of sp³-hybridized carbons (Fsp3) is 1.00. The summed E-state index contributed by atoms with van der Waals surface area (Å²) in [5, 5.41) is 1.12. The van der Waals surface area contributed by atoms with Gasteiger partial charge in [-0.2, -0.15) is 0 Å². The molecule has 8 heavy (non-hydrogen) atoms. The van der Waals surface area contributed by atoms with Crippen LogP contribution in [0.3, 0.4) is 0 Å². The van der Waals surface area contributed by atoms with Crippen molar-refractivity contribution in [2.24, 2.45) is 5.92 Å². The van der Waals surface area contributed by atoms with Crippen LogP contribution >= 0.6 is 31.9 Å². The van der Waals surface area contributed by atoms with Gasteiger partial charge in [0.25, 0.3) is 0 Å². The lowest BCUT2D eigenvalue weighted by atomic mass is 10.1. The van der Waals surface area contributed by atoms with Crippen molar-refractivity contribution >= 4 is 31.9 Å². The molecule has 0 rings (SSSR count). The first-order valence-electron chi connectivity index (χ1n) is 2.88. The molecule has 0 spiro atoms. The van der Waals surface area contributed by atoms with E-state index in [0.29, 0.717) is 4.83 Å². The lowest BCUT2D eigenvalue weighted by Crippen LogP contribution is -2.05. The van der Waals surface area contributed by atoms with Crippen molar-refractivity contribution in [1.29, 1.82) is 0 Å². The van der Waals surface area contributed by atoms with Crippen LogP contribution in [0.2, 0.25) is 0 Å². The average molecular weight is 244 g/mol. The maximum absolute atomic E-state index is 3.52. The molecule has 0 saturated heterocycles. The highest BCUT2D eigenvalue weighted by Crippen LogP contribution is 2.15. The summed E-state index contributed by atoms with van der Waals surface area (Å²) in [6.45, 7) is 4.44. The first kappa shape index (κ1) is 8.96. The molecule has 0 aliphatic heterocycles. The fourth-order valence-electron chi connectivity index (χ4n) is 0.402. The molecule has 2 unspecified atom stereocenters. The van der Waals surface area contributed by atoms with Crippen LogP contribution < -0.4 is 0 Å². The third kappa shape index (κ3) is 3.90. The minimum atomic E-state index is 0.653. The molecule has 0 N–H and O–H groups in total. The molecule has 0 aromatic heterocycles. The van der Waals surface area contributed by atoms with Crippen molar-refractivity contribution in [2.75, 3.05) is 5.33 Å². The number of alkyl halides is 2. The standard InChI is InChI=1S/C6H12Br2/c1-5(3-4-7)6(2)8/h5-6H,3-4H2,1-2H3. The summed E-state index contributed by atoms with van der Waals surface area (Å²) in [4.78, 5) is 0.653. The first-order chi connectivity index (χ1) is 3.68. The van der Waals surface area contributed by atoms with Crippen LogP contribution in [0.4, 0.5) is 0 Å². The SMILES string of the molecule is CC(Br)C(C)CCBr. The summed E-state index contributed by atoms with van der Waals surface area (Å²) in [5.41, 5.74) is 0. The van der Waals surface area contributed by atoms with Gasteiger partial charge in [0.15, 0.2) is 0 Å². The maximum atomic E-state index is 3.52. The summed E-state index contributed by atoms with van der Waals surface area (Å²) in [7, 11) is 0. The molecule has 2 atom stereocenters. The van der Waals surface area contributed by atoms with Crippen molar-refractivity contribution in [2.45, 2.75) is 25.1 Å². The van der Waals surface area contributed by atoms with Gasteiger partial charge in [0.2, 0.25) is 0 Å². The second-order valence-electron chi connectivity index (χ2n) is 2.13. The van der Waals surface area contributed by atoms with E-state index in [1.807, 2.05) is 0 Å². The topological polar surface area (TPSA) is 0 Å². The van der Waals surface area contributed by atoms with E-state index in [1.54, 1.807) is 0 Å². The van der Waals surface area contributed by atoms with Gasteiger partial charge in [0.1, 0.15) is 0 Å². The molecular weight excluding hydrogens is 232 g/mol. The number of rotatable bonds is 3. The van der Waals surface area contributed by atoms with E-state index in [0.717, 1.165) is 11.2 Å². The third-order valence-corrected chi connectivity index (χ3v) is 2.71. The van der Waals surface area contributed by atoms with Gasteiger partial charge >= 0.3 is 0 Å². The van der Waals surface area contributed by atoms with Crippen molar-refractivity contribution in [3.63, 3.8) is 0 Å². The highest BCUT2D eigenvalue weighted by atomic mass is 79.9. The van der Waals surface area contributed by atoms with Gasteiger partial charge < -0.3 is 0 Å². The molecule has 0 radical (unpaired) electrons. The molecular formula is C6H12Br2. The Kier molecular flexibility index (Phi) is 5.38. The Morgan fingerprint density at radius 1 is 1.38 bits per heavy atom. The van der Waals surface area contributed by atoms with Crippen LogP contribution in [0, 0.1) is 5.92 Å². The summed E-state index contributed by atoms with van der Waals surface area (Å²) in [6.07, 6.45) is 1.26. The molecule has 0 saturated carbocycles. The zero-order valence-corrected chi connectivity index (χ0v) is 8.50. The maximum Gasteiger partial charge on any atom is 0.0143 e. The molecule has 0 aliphatic rings. The number of hydrogen-bond donors (Lipinski definition) is 0. The van der Waals surface area contributed by atoms with E-state index in [2.05, 4.69) is 45.7 Å². The van der Waals surface area contributed by atoms with Crippen molar-refractivity contribution < 1.29 is 0 Å². The predicted molar refractivity (Wildman–Crippen MR) is 46.0 cm³/mol. The van der Waals surface area contributed by atoms with Gasteiger partial charge in [-0.3, -0.25) is 0 Å². The molecule has 0 amide bonds. The summed E-state index contributed by atoms with van der Waals surface area (Å²) in [6, 6.07) is 0. The summed E-state index contributed by atoms with van der Waals surface area (Å²) < 4.78 is 0. The molecule has 0 heterocycles. The predicted octanol–water partition coefficient (Wildman–Crippen LogP) is 3.19. The highest BCUT2D eigenvalue weighted by molar-refractivity contribution is 9.09. The van der Waals surface area contributed by atoms with Crippen LogP contribution in [0.15, 0.2) is 0 Å². The number of hydrogen-bond acceptors (Lipinski definition) is 0. The molecule has 50 valence electrons. The van der Waals surface area contributed by atoms with Crippen LogP contribution in [-0.2, 0) is 0 Å². The van der Waals surface area contributed by atoms with Crippen LogP contribution in [0.5, 0.6) is 0 Å². The average Bonchev–Trinajstić information content (AvgIpc) is 1.67. The van der Waals surface area contributed by atoms with E-state index < -0.39 is 0 Å². The van der Waals surface area contributed by atoms with E-state index in [1.165, 1.54) is 6.42 Å². The van der Waals surface area contributed by atoms with Crippen molar-refractivity contribution in [3.8, 4) is 0 Å². The second kappa shape index (κ2) is 4.80. The Labute approximate surface area is 68.3 Å². The molecule has 2 heteroatoms. The molecule has 0 fully saturated rings. The van der Waals surface area contributed by atoms with Gasteiger partial charge in [-0.1, -0.05) is 45.7 Å². The lowest BCUT2D eigenvalue weighted by molar-refractivity contribution is 0.571. The van der Waals surface area contributed by atoms with Crippen molar-refractivity contribution in [1.82, 2.24) is 0 Å². The van der Waals surface area contributed by atoms with Crippen molar-refractivity contribution in [3.05, 3.63) is 0 Å². The zero-order valence-electron chi connectivity index (χ0n) is 5.32. The van der Waals surface area contributed by atoms with E-state index in [-0.39, 0.29) is 0 Å². The second-order valence-corrected chi connectivity index (χ2v) is 4.37. The minimum Gasteiger partial charge on any atom is -0.0928 e. The fourth-order valence-corrected chi connectivity index (χ4v) is 1.39. The Morgan fingerprint density at radius 3 is 2.00 bits per heavy atom. The summed E-state index contributed by atoms with van der Waals surface area (Å²) in [5.74, 6) is 0.786. The Hall–Kier alpha value is 0.960. The van der Waals surface area contributed by atoms with Gasteiger partial charge in [0, 0.05) is 10.2 Å². The normalized spacial score (nSPS) is 18.0. The highest BCUT2D eigenvalue weighted by Gasteiger charge is 2.05. The largest absolute Gasteiger partial charge is 0.0928 e. The van der Waals surface area contributed by atoms with Crippen LogP contribution in [-0.4, -0.2) is 10.2 Å². The molecule has 0 aliphatic carbocycles. The van der Waals surface area contributed by atoms with Crippen LogP contribution in [0.25, 0.3) is 0 Å².